The van der Waals surface area contributed by atoms with Gasteiger partial charge in [0.1, 0.15) is 0 Å². The summed E-state index contributed by atoms with van der Waals surface area (Å²) < 4.78 is 0. The highest BCUT2D eigenvalue weighted by Gasteiger charge is 2.30. The highest BCUT2D eigenvalue weighted by atomic mass is 16.3. The van der Waals surface area contributed by atoms with Gasteiger partial charge in [0.2, 0.25) is 0 Å². The van der Waals surface area contributed by atoms with Crippen LogP contribution in [0.15, 0.2) is 36.9 Å². The molecule has 2 fully saturated rings. The van der Waals surface area contributed by atoms with Crippen LogP contribution in [-0.4, -0.2) is 41.1 Å². The first-order valence-electron chi connectivity index (χ1n) is 9.12. The Kier molecular flexibility index (Phi) is 5.56. The standard InChI is InChI=1S/C20H28N2O2/c1-2-3-9-19(15-10-11-15)21-17-7-4-6-16(13-17)20(24)22-12-5-8-18(23)14-22/h2,4,6-7,13,15,18-19,21,23H,1,3,5,8-12,14H2. The lowest BCUT2D eigenvalue weighted by atomic mass is 10.0. The number of aliphatic hydroxyl groups is 1. The van der Waals surface area contributed by atoms with Crippen molar-refractivity contribution >= 4 is 11.6 Å². The second kappa shape index (κ2) is 7.84. The van der Waals surface area contributed by atoms with Crippen molar-refractivity contribution in [1.82, 2.24) is 4.90 Å². The summed E-state index contributed by atoms with van der Waals surface area (Å²) in [5.74, 6) is 0.771. The Hall–Kier alpha value is -1.81. The van der Waals surface area contributed by atoms with Crippen LogP contribution >= 0.6 is 0 Å². The predicted octanol–water partition coefficient (Wildman–Crippen LogP) is 3.44. The Morgan fingerprint density at radius 2 is 2.25 bits per heavy atom. The van der Waals surface area contributed by atoms with Crippen molar-refractivity contribution in [1.29, 1.82) is 0 Å². The summed E-state index contributed by atoms with van der Waals surface area (Å²) in [6.07, 6.45) is 7.93. The van der Waals surface area contributed by atoms with Gasteiger partial charge in [-0.15, -0.1) is 6.58 Å². The number of β-amino-alcohol motifs (C(OH)–C–C–N with tert-alkyl or cyclic N) is 1. The second-order valence-electron chi connectivity index (χ2n) is 7.08. The van der Waals surface area contributed by atoms with Crippen LogP contribution in [0.3, 0.4) is 0 Å². The molecule has 2 N–H and O–H groups in total. The molecule has 2 aliphatic rings. The Morgan fingerprint density at radius 1 is 1.42 bits per heavy atom. The fourth-order valence-electron chi connectivity index (χ4n) is 3.50. The molecule has 0 spiro atoms. The van der Waals surface area contributed by atoms with Crippen LogP contribution in [-0.2, 0) is 0 Å². The SMILES string of the molecule is C=CCCC(Nc1cccc(C(=O)N2CCCC(O)C2)c1)C1CC1. The molecule has 1 amide bonds. The molecule has 3 rings (SSSR count). The number of carbonyl (C=O) groups excluding carboxylic acids is 1. The summed E-state index contributed by atoms with van der Waals surface area (Å²) in [6, 6.07) is 8.25. The molecule has 1 heterocycles. The maximum absolute atomic E-state index is 12.7. The van der Waals surface area contributed by atoms with Gasteiger partial charge in [0.25, 0.3) is 5.91 Å². The molecule has 0 bridgehead atoms. The first-order valence-corrected chi connectivity index (χ1v) is 9.12. The number of amides is 1. The minimum atomic E-state index is -0.387. The molecule has 4 nitrogen and oxygen atoms in total. The Bertz CT molecular complexity index is 583. The van der Waals surface area contributed by atoms with Crippen molar-refractivity contribution in [2.75, 3.05) is 18.4 Å². The Balaban J connectivity index is 1.66. The number of likely N-dealkylation sites (tertiary alicyclic amines) is 1. The van der Waals surface area contributed by atoms with E-state index in [1.807, 2.05) is 30.3 Å². The van der Waals surface area contributed by atoms with Crippen LogP contribution in [0.5, 0.6) is 0 Å². The second-order valence-corrected chi connectivity index (χ2v) is 7.08. The van der Waals surface area contributed by atoms with E-state index in [0.29, 0.717) is 18.2 Å². The topological polar surface area (TPSA) is 52.6 Å². The minimum Gasteiger partial charge on any atom is -0.391 e. The Morgan fingerprint density at radius 3 is 2.96 bits per heavy atom. The minimum absolute atomic E-state index is 0.0199. The number of piperidine rings is 1. The number of benzene rings is 1. The van der Waals surface area contributed by atoms with Gasteiger partial charge in [-0.3, -0.25) is 4.79 Å². The number of hydrogen-bond acceptors (Lipinski definition) is 3. The zero-order chi connectivity index (χ0) is 16.9. The van der Waals surface area contributed by atoms with Crippen LogP contribution < -0.4 is 5.32 Å². The molecule has 1 aliphatic carbocycles. The van der Waals surface area contributed by atoms with E-state index in [1.165, 1.54) is 12.8 Å². The average molecular weight is 328 g/mol. The fraction of sp³-hybridized carbons (Fsp3) is 0.550. The smallest absolute Gasteiger partial charge is 0.254 e. The third-order valence-electron chi connectivity index (χ3n) is 5.02. The molecule has 0 aromatic heterocycles. The lowest BCUT2D eigenvalue weighted by Crippen LogP contribution is -2.42. The van der Waals surface area contributed by atoms with Gasteiger partial charge in [0.15, 0.2) is 0 Å². The molecule has 0 radical (unpaired) electrons. The molecule has 2 unspecified atom stereocenters. The van der Waals surface area contributed by atoms with Crippen molar-refractivity contribution < 1.29 is 9.90 Å². The molecule has 1 saturated heterocycles. The van der Waals surface area contributed by atoms with Crippen LogP contribution in [0.2, 0.25) is 0 Å². The molecule has 24 heavy (non-hydrogen) atoms. The summed E-state index contributed by atoms with van der Waals surface area (Å²) in [5, 5.41) is 13.4. The molecule has 2 atom stereocenters. The monoisotopic (exact) mass is 328 g/mol. The highest BCUT2D eigenvalue weighted by molar-refractivity contribution is 5.95. The van der Waals surface area contributed by atoms with Gasteiger partial charge < -0.3 is 15.3 Å². The van der Waals surface area contributed by atoms with E-state index in [-0.39, 0.29) is 12.0 Å². The quantitative estimate of drug-likeness (QED) is 0.754. The maximum atomic E-state index is 12.7. The van der Waals surface area contributed by atoms with Crippen molar-refractivity contribution in [2.45, 2.75) is 50.7 Å². The molecular formula is C20H28N2O2. The first kappa shape index (κ1) is 17.0. The normalized spacial score (nSPS) is 22.0. The first-order chi connectivity index (χ1) is 11.7. The van der Waals surface area contributed by atoms with E-state index >= 15 is 0 Å². The molecule has 4 heteroatoms. The summed E-state index contributed by atoms with van der Waals surface area (Å²) in [5.41, 5.74) is 1.71. The van der Waals surface area contributed by atoms with Gasteiger partial charge in [-0.05, 0) is 62.6 Å². The summed E-state index contributed by atoms with van der Waals surface area (Å²) in [7, 11) is 0. The predicted molar refractivity (Wildman–Crippen MR) is 97.2 cm³/mol. The number of aliphatic hydroxyl groups excluding tert-OH is 1. The van der Waals surface area contributed by atoms with Crippen molar-refractivity contribution in [3.05, 3.63) is 42.5 Å². The molecular weight excluding hydrogens is 300 g/mol. The molecule has 1 saturated carbocycles. The maximum Gasteiger partial charge on any atom is 0.254 e. The number of carbonyl (C=O) groups is 1. The number of allylic oxidation sites excluding steroid dienone is 1. The van der Waals surface area contributed by atoms with Crippen LogP contribution in [0, 0.1) is 5.92 Å². The highest BCUT2D eigenvalue weighted by Crippen LogP contribution is 2.36. The summed E-state index contributed by atoms with van der Waals surface area (Å²) in [4.78, 5) is 14.4. The van der Waals surface area contributed by atoms with Crippen molar-refractivity contribution in [3.63, 3.8) is 0 Å². The number of nitrogens with one attached hydrogen (secondary N) is 1. The van der Waals surface area contributed by atoms with Gasteiger partial charge in [-0.25, -0.2) is 0 Å². The van der Waals surface area contributed by atoms with Crippen LogP contribution in [0.4, 0.5) is 5.69 Å². The van der Waals surface area contributed by atoms with Crippen LogP contribution in [0.1, 0.15) is 48.9 Å². The average Bonchev–Trinajstić information content (AvgIpc) is 3.43. The lowest BCUT2D eigenvalue weighted by molar-refractivity contribution is 0.0474. The van der Waals surface area contributed by atoms with Crippen molar-refractivity contribution in [3.8, 4) is 0 Å². The number of anilines is 1. The van der Waals surface area contributed by atoms with Gasteiger partial charge in [0, 0.05) is 30.4 Å². The summed E-state index contributed by atoms with van der Waals surface area (Å²) in [6.45, 7) is 4.99. The van der Waals surface area contributed by atoms with E-state index < -0.39 is 0 Å². The van der Waals surface area contributed by atoms with Gasteiger partial charge in [0.05, 0.1) is 6.10 Å². The lowest BCUT2D eigenvalue weighted by Gasteiger charge is -2.30. The van der Waals surface area contributed by atoms with E-state index in [2.05, 4.69) is 11.9 Å². The van der Waals surface area contributed by atoms with E-state index in [1.54, 1.807) is 4.90 Å². The Labute approximate surface area is 144 Å². The van der Waals surface area contributed by atoms with E-state index in [4.69, 9.17) is 0 Å². The van der Waals surface area contributed by atoms with E-state index in [9.17, 15) is 9.90 Å². The zero-order valence-corrected chi connectivity index (χ0v) is 14.3. The third-order valence-corrected chi connectivity index (χ3v) is 5.02. The van der Waals surface area contributed by atoms with E-state index in [0.717, 1.165) is 43.8 Å². The van der Waals surface area contributed by atoms with Gasteiger partial charge in [-0.1, -0.05) is 12.1 Å². The molecule has 1 aromatic carbocycles. The largest absolute Gasteiger partial charge is 0.391 e. The molecule has 1 aromatic rings. The van der Waals surface area contributed by atoms with Gasteiger partial charge >= 0.3 is 0 Å². The zero-order valence-electron chi connectivity index (χ0n) is 14.3. The molecule has 1 aliphatic heterocycles. The third kappa shape index (κ3) is 4.38. The fourth-order valence-corrected chi connectivity index (χ4v) is 3.50. The van der Waals surface area contributed by atoms with Crippen LogP contribution in [0.25, 0.3) is 0 Å². The molecule has 130 valence electrons. The number of hydrogen-bond donors (Lipinski definition) is 2. The van der Waals surface area contributed by atoms with Gasteiger partial charge in [-0.2, -0.15) is 0 Å². The number of nitrogens with zero attached hydrogens (tertiary/aromatic N) is 1. The summed E-state index contributed by atoms with van der Waals surface area (Å²) >= 11 is 0. The van der Waals surface area contributed by atoms with Crippen molar-refractivity contribution in [2.24, 2.45) is 5.92 Å². The number of rotatable bonds is 7.